The standard InChI is InChI=1S/C18H26N4O2/c19-17(22-24)13-6-8-14(9-7-13)21-18(23)16-15(10-11-20-16)12-4-2-1-3-5-12/h6-9,12,15-16,20,24H,1-5,10-11H2,(H2,19,22)(H,21,23)/t15?,16-/m0/s1. The third-order valence-corrected chi connectivity index (χ3v) is 5.36. The molecule has 0 bridgehead atoms. The zero-order valence-corrected chi connectivity index (χ0v) is 13.9. The summed E-state index contributed by atoms with van der Waals surface area (Å²) in [4.78, 5) is 12.7. The second kappa shape index (κ2) is 7.66. The van der Waals surface area contributed by atoms with Gasteiger partial charge in [-0.2, -0.15) is 0 Å². The lowest BCUT2D eigenvalue weighted by atomic mass is 9.76. The number of nitrogens with one attached hydrogen (secondary N) is 2. The summed E-state index contributed by atoms with van der Waals surface area (Å²) in [6.45, 7) is 0.918. The van der Waals surface area contributed by atoms with E-state index in [-0.39, 0.29) is 17.8 Å². The molecule has 1 heterocycles. The smallest absolute Gasteiger partial charge is 0.241 e. The Bertz CT molecular complexity index is 594. The van der Waals surface area contributed by atoms with E-state index in [0.717, 1.165) is 18.7 Å². The van der Waals surface area contributed by atoms with Gasteiger partial charge in [-0.3, -0.25) is 4.79 Å². The van der Waals surface area contributed by atoms with Crippen LogP contribution in [-0.4, -0.2) is 29.5 Å². The van der Waals surface area contributed by atoms with Crippen molar-refractivity contribution in [3.63, 3.8) is 0 Å². The van der Waals surface area contributed by atoms with E-state index < -0.39 is 0 Å². The second-order valence-electron chi connectivity index (χ2n) is 6.83. The number of anilines is 1. The van der Waals surface area contributed by atoms with Gasteiger partial charge in [-0.25, -0.2) is 0 Å². The molecule has 1 aliphatic heterocycles. The summed E-state index contributed by atoms with van der Waals surface area (Å²) < 4.78 is 0. The predicted molar refractivity (Wildman–Crippen MR) is 94.1 cm³/mol. The molecule has 0 aromatic heterocycles. The summed E-state index contributed by atoms with van der Waals surface area (Å²) >= 11 is 0. The van der Waals surface area contributed by atoms with Crippen molar-refractivity contribution < 1.29 is 10.0 Å². The van der Waals surface area contributed by atoms with Gasteiger partial charge < -0.3 is 21.6 Å². The monoisotopic (exact) mass is 330 g/mol. The Morgan fingerprint density at radius 1 is 1.17 bits per heavy atom. The van der Waals surface area contributed by atoms with Crippen LogP contribution in [0.3, 0.4) is 0 Å². The zero-order valence-electron chi connectivity index (χ0n) is 13.9. The molecule has 1 amide bonds. The molecule has 1 aromatic rings. The van der Waals surface area contributed by atoms with Gasteiger partial charge in [-0.05, 0) is 49.1 Å². The van der Waals surface area contributed by atoms with E-state index in [4.69, 9.17) is 10.9 Å². The number of amides is 1. The lowest BCUT2D eigenvalue weighted by Gasteiger charge is -2.30. The molecule has 2 atom stereocenters. The number of nitrogens with two attached hydrogens (primary N) is 1. The first kappa shape index (κ1) is 16.8. The molecule has 24 heavy (non-hydrogen) atoms. The van der Waals surface area contributed by atoms with Gasteiger partial charge in [0, 0.05) is 11.3 Å². The van der Waals surface area contributed by atoms with Crippen LogP contribution in [0.4, 0.5) is 5.69 Å². The van der Waals surface area contributed by atoms with Gasteiger partial charge >= 0.3 is 0 Å². The summed E-state index contributed by atoms with van der Waals surface area (Å²) in [5.74, 6) is 1.22. The Balaban J connectivity index is 1.63. The minimum Gasteiger partial charge on any atom is -0.409 e. The lowest BCUT2D eigenvalue weighted by molar-refractivity contribution is -0.119. The van der Waals surface area contributed by atoms with E-state index >= 15 is 0 Å². The quantitative estimate of drug-likeness (QED) is 0.294. The first-order valence-electron chi connectivity index (χ1n) is 8.81. The Morgan fingerprint density at radius 2 is 1.88 bits per heavy atom. The van der Waals surface area contributed by atoms with Crippen molar-refractivity contribution in [1.82, 2.24) is 5.32 Å². The molecule has 0 spiro atoms. The Hall–Kier alpha value is -2.08. The second-order valence-corrected chi connectivity index (χ2v) is 6.83. The number of benzene rings is 1. The molecule has 5 N–H and O–H groups in total. The summed E-state index contributed by atoms with van der Waals surface area (Å²) in [5.41, 5.74) is 6.90. The predicted octanol–water partition coefficient (Wildman–Crippen LogP) is 2.28. The molecule has 2 fully saturated rings. The van der Waals surface area contributed by atoms with Crippen LogP contribution in [0.5, 0.6) is 0 Å². The number of oxime groups is 1. The van der Waals surface area contributed by atoms with Gasteiger partial charge in [0.25, 0.3) is 0 Å². The zero-order chi connectivity index (χ0) is 16.9. The van der Waals surface area contributed by atoms with Crippen molar-refractivity contribution in [3.05, 3.63) is 29.8 Å². The Kier molecular flexibility index (Phi) is 5.35. The largest absolute Gasteiger partial charge is 0.409 e. The third kappa shape index (κ3) is 3.70. The summed E-state index contributed by atoms with van der Waals surface area (Å²) in [7, 11) is 0. The van der Waals surface area contributed by atoms with E-state index in [1.807, 2.05) is 0 Å². The van der Waals surface area contributed by atoms with E-state index in [9.17, 15) is 4.79 Å². The Labute approximate surface area is 142 Å². The molecule has 130 valence electrons. The molecule has 0 radical (unpaired) electrons. The van der Waals surface area contributed by atoms with Crippen molar-refractivity contribution in [3.8, 4) is 0 Å². The normalized spacial score (nSPS) is 25.6. The maximum atomic E-state index is 12.7. The highest BCUT2D eigenvalue weighted by Gasteiger charge is 2.38. The molecule has 1 saturated heterocycles. The van der Waals surface area contributed by atoms with Crippen LogP contribution in [0.25, 0.3) is 0 Å². The summed E-state index contributed by atoms with van der Waals surface area (Å²) in [6.07, 6.45) is 7.52. The number of rotatable bonds is 4. The average molecular weight is 330 g/mol. The highest BCUT2D eigenvalue weighted by Crippen LogP contribution is 2.36. The van der Waals surface area contributed by atoms with Crippen molar-refractivity contribution >= 4 is 17.4 Å². The van der Waals surface area contributed by atoms with Crippen LogP contribution in [0, 0.1) is 11.8 Å². The topological polar surface area (TPSA) is 99.7 Å². The van der Waals surface area contributed by atoms with Gasteiger partial charge in [0.1, 0.15) is 0 Å². The van der Waals surface area contributed by atoms with E-state index in [1.165, 1.54) is 32.1 Å². The van der Waals surface area contributed by atoms with Crippen LogP contribution < -0.4 is 16.4 Å². The van der Waals surface area contributed by atoms with Crippen molar-refractivity contribution in [2.45, 2.75) is 44.6 Å². The first-order chi connectivity index (χ1) is 11.7. The summed E-state index contributed by atoms with van der Waals surface area (Å²) in [5, 5.41) is 18.0. The fraction of sp³-hybridized carbons (Fsp3) is 0.556. The number of carbonyl (C=O) groups excluding carboxylic acids is 1. The summed E-state index contributed by atoms with van der Waals surface area (Å²) in [6, 6.07) is 6.90. The van der Waals surface area contributed by atoms with Gasteiger partial charge in [-0.15, -0.1) is 0 Å². The SMILES string of the molecule is NC(=NO)c1ccc(NC(=O)[C@H]2NCCC2C2CCCCC2)cc1. The van der Waals surface area contributed by atoms with Crippen LogP contribution in [0.2, 0.25) is 0 Å². The maximum Gasteiger partial charge on any atom is 0.241 e. The van der Waals surface area contributed by atoms with Gasteiger partial charge in [0.15, 0.2) is 5.84 Å². The molecular formula is C18H26N4O2. The minimum absolute atomic E-state index is 0.0413. The molecule has 6 nitrogen and oxygen atoms in total. The van der Waals surface area contributed by atoms with Gasteiger partial charge in [0.2, 0.25) is 5.91 Å². The van der Waals surface area contributed by atoms with Crippen LogP contribution >= 0.6 is 0 Å². The molecule has 6 heteroatoms. The third-order valence-electron chi connectivity index (χ3n) is 5.36. The minimum atomic E-state index is -0.100. The van der Waals surface area contributed by atoms with Crippen molar-refractivity contribution in [1.29, 1.82) is 0 Å². The first-order valence-corrected chi connectivity index (χ1v) is 8.81. The highest BCUT2D eigenvalue weighted by atomic mass is 16.4. The molecule has 1 unspecified atom stereocenters. The number of carbonyl (C=O) groups is 1. The molecule has 1 aliphatic carbocycles. The van der Waals surface area contributed by atoms with Crippen LogP contribution in [0.1, 0.15) is 44.1 Å². The fourth-order valence-electron chi connectivity index (χ4n) is 4.08. The highest BCUT2D eigenvalue weighted by molar-refractivity contribution is 5.98. The number of nitrogens with zero attached hydrogens (tertiary/aromatic N) is 1. The number of hydrogen-bond acceptors (Lipinski definition) is 4. The van der Waals surface area contributed by atoms with Crippen molar-refractivity contribution in [2.75, 3.05) is 11.9 Å². The Morgan fingerprint density at radius 3 is 2.54 bits per heavy atom. The van der Waals surface area contributed by atoms with Gasteiger partial charge in [-0.1, -0.05) is 37.3 Å². The van der Waals surface area contributed by atoms with Crippen molar-refractivity contribution in [2.24, 2.45) is 22.7 Å². The molecular weight excluding hydrogens is 304 g/mol. The molecule has 1 saturated carbocycles. The maximum absolute atomic E-state index is 12.7. The fourth-order valence-corrected chi connectivity index (χ4v) is 4.08. The van der Waals surface area contributed by atoms with Crippen LogP contribution in [0.15, 0.2) is 29.4 Å². The van der Waals surface area contributed by atoms with E-state index in [2.05, 4.69) is 15.8 Å². The van der Waals surface area contributed by atoms with E-state index in [0.29, 0.717) is 17.4 Å². The lowest BCUT2D eigenvalue weighted by Crippen LogP contribution is -2.42. The van der Waals surface area contributed by atoms with Crippen LogP contribution in [-0.2, 0) is 4.79 Å². The molecule has 3 rings (SSSR count). The molecule has 2 aliphatic rings. The molecule has 1 aromatic carbocycles. The number of amidine groups is 1. The average Bonchev–Trinajstić information content (AvgIpc) is 3.12. The number of hydrogen-bond donors (Lipinski definition) is 4. The van der Waals surface area contributed by atoms with E-state index in [1.54, 1.807) is 24.3 Å². The van der Waals surface area contributed by atoms with Gasteiger partial charge in [0.05, 0.1) is 6.04 Å².